The Labute approximate surface area is 146 Å². The van der Waals surface area contributed by atoms with Crippen molar-refractivity contribution >= 4 is 26.7 Å². The molecule has 1 aliphatic rings. The number of hydrogen-bond acceptors (Lipinski definition) is 3. The Hall–Kier alpha value is -1.10. The van der Waals surface area contributed by atoms with Crippen LogP contribution in [0.2, 0.25) is 0 Å². The molecule has 1 saturated heterocycles. The molecule has 3 rings (SSSR count). The fourth-order valence-corrected chi connectivity index (χ4v) is 3.32. The van der Waals surface area contributed by atoms with Crippen LogP contribution in [0.3, 0.4) is 0 Å². The number of fused-ring (bicyclic) bond motifs is 1. The molecule has 0 aliphatic carbocycles. The lowest BCUT2D eigenvalue weighted by Crippen LogP contribution is -2.24. The van der Waals surface area contributed by atoms with Crippen LogP contribution in [-0.4, -0.2) is 44.4 Å². The second-order valence-corrected chi connectivity index (χ2v) is 6.93. The van der Waals surface area contributed by atoms with E-state index in [0.29, 0.717) is 6.61 Å². The van der Waals surface area contributed by atoms with Gasteiger partial charge in [0, 0.05) is 24.0 Å². The van der Waals surface area contributed by atoms with Crippen molar-refractivity contribution in [2.24, 2.45) is 0 Å². The number of rotatable bonds is 8. The van der Waals surface area contributed by atoms with E-state index in [1.54, 1.807) is 0 Å². The SMILES string of the molecule is Brc1ccc2cc(OCCCOCCN3CCCC3)ccc2c1. The van der Waals surface area contributed by atoms with E-state index in [0.717, 1.165) is 36.4 Å². The van der Waals surface area contributed by atoms with Crippen molar-refractivity contribution < 1.29 is 9.47 Å². The molecule has 0 unspecified atom stereocenters. The molecular weight excluding hydrogens is 354 g/mol. The Bertz CT molecular complexity index is 626. The molecule has 124 valence electrons. The van der Waals surface area contributed by atoms with Gasteiger partial charge in [-0.2, -0.15) is 0 Å². The van der Waals surface area contributed by atoms with Crippen molar-refractivity contribution in [3.05, 3.63) is 40.9 Å². The highest BCUT2D eigenvalue weighted by Crippen LogP contribution is 2.24. The van der Waals surface area contributed by atoms with Gasteiger partial charge in [-0.1, -0.05) is 28.1 Å². The molecule has 3 nitrogen and oxygen atoms in total. The third kappa shape index (κ3) is 5.20. The van der Waals surface area contributed by atoms with Crippen molar-refractivity contribution in [3.63, 3.8) is 0 Å². The molecule has 0 atom stereocenters. The van der Waals surface area contributed by atoms with Gasteiger partial charge in [0.05, 0.1) is 13.2 Å². The fraction of sp³-hybridized carbons (Fsp3) is 0.474. The number of halogens is 1. The van der Waals surface area contributed by atoms with Gasteiger partial charge in [0.25, 0.3) is 0 Å². The van der Waals surface area contributed by atoms with Gasteiger partial charge < -0.3 is 14.4 Å². The van der Waals surface area contributed by atoms with E-state index in [4.69, 9.17) is 9.47 Å². The van der Waals surface area contributed by atoms with E-state index in [2.05, 4.69) is 51.2 Å². The lowest BCUT2D eigenvalue weighted by Gasteiger charge is -2.14. The average molecular weight is 378 g/mol. The van der Waals surface area contributed by atoms with E-state index in [-0.39, 0.29) is 0 Å². The summed E-state index contributed by atoms with van der Waals surface area (Å²) in [7, 11) is 0. The topological polar surface area (TPSA) is 21.7 Å². The summed E-state index contributed by atoms with van der Waals surface area (Å²) in [5.74, 6) is 0.928. The van der Waals surface area contributed by atoms with Gasteiger partial charge in [0.1, 0.15) is 5.75 Å². The lowest BCUT2D eigenvalue weighted by molar-refractivity contribution is 0.100. The van der Waals surface area contributed by atoms with Crippen LogP contribution in [0.25, 0.3) is 10.8 Å². The van der Waals surface area contributed by atoms with Gasteiger partial charge in [-0.25, -0.2) is 0 Å². The third-order valence-electron chi connectivity index (χ3n) is 4.23. The molecule has 1 heterocycles. The van der Waals surface area contributed by atoms with E-state index in [1.165, 1.54) is 36.7 Å². The van der Waals surface area contributed by atoms with Crippen molar-refractivity contribution in [2.75, 3.05) is 39.5 Å². The molecule has 23 heavy (non-hydrogen) atoms. The maximum absolute atomic E-state index is 5.82. The van der Waals surface area contributed by atoms with Crippen LogP contribution in [0.1, 0.15) is 19.3 Å². The highest BCUT2D eigenvalue weighted by molar-refractivity contribution is 9.10. The molecule has 4 heteroatoms. The molecule has 0 aromatic heterocycles. The summed E-state index contributed by atoms with van der Waals surface area (Å²) in [5.41, 5.74) is 0. The zero-order chi connectivity index (χ0) is 15.9. The monoisotopic (exact) mass is 377 g/mol. The minimum atomic E-state index is 0.700. The number of ether oxygens (including phenoxy) is 2. The maximum Gasteiger partial charge on any atom is 0.119 e. The Balaban J connectivity index is 1.33. The second-order valence-electron chi connectivity index (χ2n) is 6.02. The Kier molecular flexibility index (Phi) is 6.31. The van der Waals surface area contributed by atoms with Gasteiger partial charge in [-0.05, 0) is 61.0 Å². The molecule has 2 aromatic rings. The molecule has 0 spiro atoms. The number of likely N-dealkylation sites (tertiary alicyclic amines) is 1. The first kappa shape index (κ1) is 16.7. The number of hydrogen-bond donors (Lipinski definition) is 0. The third-order valence-corrected chi connectivity index (χ3v) is 4.72. The predicted molar refractivity (Wildman–Crippen MR) is 98.3 cm³/mol. The lowest BCUT2D eigenvalue weighted by atomic mass is 10.1. The van der Waals surface area contributed by atoms with Crippen LogP contribution in [0.15, 0.2) is 40.9 Å². The number of nitrogens with zero attached hydrogens (tertiary/aromatic N) is 1. The van der Waals surface area contributed by atoms with Gasteiger partial charge in [-0.3, -0.25) is 0 Å². The average Bonchev–Trinajstić information content (AvgIpc) is 3.07. The highest BCUT2D eigenvalue weighted by atomic mass is 79.9. The van der Waals surface area contributed by atoms with Crippen molar-refractivity contribution in [2.45, 2.75) is 19.3 Å². The Morgan fingerprint density at radius 3 is 2.57 bits per heavy atom. The van der Waals surface area contributed by atoms with E-state index < -0.39 is 0 Å². The van der Waals surface area contributed by atoms with Crippen LogP contribution in [-0.2, 0) is 4.74 Å². The van der Waals surface area contributed by atoms with Crippen molar-refractivity contribution in [3.8, 4) is 5.75 Å². The van der Waals surface area contributed by atoms with E-state index >= 15 is 0 Å². The molecule has 0 radical (unpaired) electrons. The summed E-state index contributed by atoms with van der Waals surface area (Å²) in [5, 5.41) is 2.42. The second kappa shape index (κ2) is 8.67. The van der Waals surface area contributed by atoms with Crippen molar-refractivity contribution in [1.82, 2.24) is 4.90 Å². The van der Waals surface area contributed by atoms with Gasteiger partial charge in [0.2, 0.25) is 0 Å². The zero-order valence-corrected chi connectivity index (χ0v) is 15.1. The first-order chi connectivity index (χ1) is 11.3. The first-order valence-electron chi connectivity index (χ1n) is 8.43. The minimum Gasteiger partial charge on any atom is -0.493 e. The fourth-order valence-electron chi connectivity index (χ4n) is 2.94. The summed E-state index contributed by atoms with van der Waals surface area (Å²) < 4.78 is 12.6. The van der Waals surface area contributed by atoms with Crippen LogP contribution in [0, 0.1) is 0 Å². The van der Waals surface area contributed by atoms with Gasteiger partial charge in [-0.15, -0.1) is 0 Å². The van der Waals surface area contributed by atoms with Crippen molar-refractivity contribution in [1.29, 1.82) is 0 Å². The molecule has 0 bridgehead atoms. The summed E-state index contributed by atoms with van der Waals surface area (Å²) in [6, 6.07) is 12.5. The molecule has 0 amide bonds. The normalized spacial score (nSPS) is 15.3. The minimum absolute atomic E-state index is 0.700. The standard InChI is InChI=1S/C19H24BrNO2/c20-18-6-4-17-15-19(7-5-16(17)14-18)23-12-3-11-22-13-10-21-8-1-2-9-21/h4-7,14-15H,1-3,8-13H2. The number of benzene rings is 2. The first-order valence-corrected chi connectivity index (χ1v) is 9.23. The maximum atomic E-state index is 5.82. The highest BCUT2D eigenvalue weighted by Gasteiger charge is 2.10. The molecule has 1 fully saturated rings. The van der Waals surface area contributed by atoms with Gasteiger partial charge >= 0.3 is 0 Å². The van der Waals surface area contributed by atoms with Crippen LogP contribution >= 0.6 is 15.9 Å². The van der Waals surface area contributed by atoms with Crippen LogP contribution in [0.4, 0.5) is 0 Å². The molecule has 0 saturated carbocycles. The summed E-state index contributed by atoms with van der Waals surface area (Å²) in [6.45, 7) is 5.86. The molecule has 0 N–H and O–H groups in total. The Morgan fingerprint density at radius 2 is 1.70 bits per heavy atom. The largest absolute Gasteiger partial charge is 0.493 e. The van der Waals surface area contributed by atoms with Crippen LogP contribution < -0.4 is 4.74 Å². The summed E-state index contributed by atoms with van der Waals surface area (Å²) in [4.78, 5) is 2.48. The summed E-state index contributed by atoms with van der Waals surface area (Å²) in [6.07, 6.45) is 3.62. The van der Waals surface area contributed by atoms with E-state index in [9.17, 15) is 0 Å². The quantitative estimate of drug-likeness (QED) is 0.632. The predicted octanol–water partition coefficient (Wildman–Crippen LogP) is 4.48. The van der Waals surface area contributed by atoms with Gasteiger partial charge in [0.15, 0.2) is 0 Å². The molecular formula is C19H24BrNO2. The zero-order valence-electron chi connectivity index (χ0n) is 13.5. The molecule has 1 aliphatic heterocycles. The smallest absolute Gasteiger partial charge is 0.119 e. The Morgan fingerprint density at radius 1 is 0.913 bits per heavy atom. The summed E-state index contributed by atoms with van der Waals surface area (Å²) >= 11 is 3.50. The van der Waals surface area contributed by atoms with Crippen LogP contribution in [0.5, 0.6) is 5.75 Å². The van der Waals surface area contributed by atoms with E-state index in [1.807, 2.05) is 6.07 Å². The molecule has 2 aromatic carbocycles.